The molecule has 0 unspecified atom stereocenters. The number of pyridine rings is 1. The molecule has 2 aromatic carbocycles. The zero-order valence-electron chi connectivity index (χ0n) is 44.1. The minimum Gasteiger partial charge on any atom is -0.462 e. The predicted octanol–water partition coefficient (Wildman–Crippen LogP) is 14.7. The number of ether oxygens (including phenoxy) is 1. The molecule has 386 valence electrons. The molecule has 10 heteroatoms. The fourth-order valence-corrected chi connectivity index (χ4v) is 15.8. The first-order valence-electron chi connectivity index (χ1n) is 27.5. The van der Waals surface area contributed by atoms with E-state index < -0.39 is 10.1 Å². The van der Waals surface area contributed by atoms with Gasteiger partial charge in [-0.05, 0) is 159 Å². The molecule has 5 aliphatic carbocycles. The Balaban J connectivity index is 0.760. The van der Waals surface area contributed by atoms with Crippen molar-refractivity contribution in [3.63, 3.8) is 0 Å². The quantitative estimate of drug-likeness (QED) is 0.0532. The Morgan fingerprint density at radius 2 is 1.63 bits per heavy atom. The van der Waals surface area contributed by atoms with Crippen LogP contribution in [0.2, 0.25) is 0 Å². The summed E-state index contributed by atoms with van der Waals surface area (Å²) in [5.41, 5.74) is 13.6. The van der Waals surface area contributed by atoms with E-state index in [1.807, 2.05) is 18.3 Å². The Kier molecular flexibility index (Phi) is 14.4. The highest BCUT2D eigenvalue weighted by atomic mass is 35.5. The standard InChI is InChI=1S/C63H76ClN3O5S/c1-60(2)52-20-9-11-22-54(52)66(56(60)31-25-43-17-14-18-44(59(43)64)26-32-57-61(3,4)53-21-10-12-23-55(53)67(57)39-16-40-73(69,70)71)38-13-7-8-24-58(68)72-47-33-35-62(5)46(41-47)27-28-48-50-30-29-49(45-19-15-37-65-42-45)63(50,6)36-34-51(48)62/h9-12,15,19-23,25-27,29,31-32,37,42,47-48,50-51H,7-8,13-14,16-18,24,28,30,33-36,38-41H2,1-6H3/p+1/t47-,48-,50-,51-,62-,63+/m0/s1. The molecule has 0 amide bonds. The smallest absolute Gasteiger partial charge is 0.306 e. The number of carbonyl (C=O) groups excluding carboxylic acids is 1. The van der Waals surface area contributed by atoms with E-state index in [2.05, 4.69) is 147 Å². The molecule has 1 aromatic heterocycles. The van der Waals surface area contributed by atoms with Gasteiger partial charge in [0.25, 0.3) is 10.1 Å². The third kappa shape index (κ3) is 9.85. The number of hydrogen-bond acceptors (Lipinski definition) is 6. The summed E-state index contributed by atoms with van der Waals surface area (Å²) in [4.78, 5) is 20.4. The van der Waals surface area contributed by atoms with E-state index in [9.17, 15) is 17.8 Å². The molecular formula is C63H77ClN3O5S+. The number of halogens is 1. The first-order valence-corrected chi connectivity index (χ1v) is 29.4. The van der Waals surface area contributed by atoms with Crippen LogP contribution < -0.4 is 4.90 Å². The Hall–Kier alpha value is -4.83. The fraction of sp³-hybridized carbons (Fsp3) is 0.508. The van der Waals surface area contributed by atoms with Crippen molar-refractivity contribution in [2.45, 2.75) is 155 Å². The molecule has 3 heterocycles. The average molecular weight is 1020 g/mol. The van der Waals surface area contributed by atoms with Gasteiger partial charge in [0.2, 0.25) is 5.69 Å². The van der Waals surface area contributed by atoms with Gasteiger partial charge in [-0.2, -0.15) is 13.0 Å². The highest BCUT2D eigenvalue weighted by molar-refractivity contribution is 7.85. The van der Waals surface area contributed by atoms with Gasteiger partial charge in [-0.1, -0.05) is 118 Å². The molecule has 0 spiro atoms. The molecule has 2 saturated carbocycles. The van der Waals surface area contributed by atoms with Crippen LogP contribution in [0.1, 0.15) is 155 Å². The molecule has 0 saturated heterocycles. The summed E-state index contributed by atoms with van der Waals surface area (Å²) >= 11 is 7.31. The summed E-state index contributed by atoms with van der Waals surface area (Å²) in [5, 5.41) is 0.791. The number of esters is 1. The number of unbranched alkanes of at least 4 members (excludes halogenated alkanes) is 2. The summed E-state index contributed by atoms with van der Waals surface area (Å²) in [6.45, 7) is 15.4. The lowest BCUT2D eigenvalue weighted by molar-refractivity contribution is -0.437. The van der Waals surface area contributed by atoms with Crippen molar-refractivity contribution in [3.05, 3.63) is 154 Å². The van der Waals surface area contributed by atoms with Gasteiger partial charge in [-0.3, -0.25) is 14.3 Å². The third-order valence-corrected chi connectivity index (χ3v) is 20.2. The van der Waals surface area contributed by atoms with Crippen LogP contribution in [-0.4, -0.2) is 59.2 Å². The molecule has 10 rings (SSSR count). The minimum atomic E-state index is -4.06. The van der Waals surface area contributed by atoms with Gasteiger partial charge in [0.15, 0.2) is 5.71 Å². The molecule has 3 aromatic rings. The molecule has 2 fully saturated rings. The molecular weight excluding hydrogens is 946 g/mol. The number of para-hydroxylation sites is 2. The molecule has 6 atom stereocenters. The molecule has 73 heavy (non-hydrogen) atoms. The number of nitrogens with zero attached hydrogens (tertiary/aromatic N) is 3. The van der Waals surface area contributed by atoms with Crippen LogP contribution in [0.25, 0.3) is 5.57 Å². The van der Waals surface area contributed by atoms with Crippen molar-refractivity contribution in [2.24, 2.45) is 28.6 Å². The van der Waals surface area contributed by atoms with E-state index in [1.165, 1.54) is 52.9 Å². The minimum absolute atomic E-state index is 0.0216. The third-order valence-electron chi connectivity index (χ3n) is 18.9. The number of aromatic nitrogens is 1. The molecule has 8 nitrogen and oxygen atoms in total. The molecule has 2 aliphatic heterocycles. The van der Waals surface area contributed by atoms with Crippen molar-refractivity contribution in [1.29, 1.82) is 0 Å². The molecule has 1 N–H and O–H groups in total. The summed E-state index contributed by atoms with van der Waals surface area (Å²) in [5.74, 6) is 1.73. The molecule has 7 aliphatic rings. The SMILES string of the molecule is CC1(C)C(/C=C/C2=C(Cl)C(=C/C=C3/N(CCCCCC(=O)O[C@H]4CC[C@@]5(C)C(=CC[C@@H]6[C@@H]5CC[C@]5(C)C(c7cccnc7)=CC[C@@H]65)C4)c4ccccc4C3(C)C)/CCC2)=[N+](CCCS(=O)(=O)O)c2ccccc21. The van der Waals surface area contributed by atoms with E-state index in [-0.39, 0.29) is 39.5 Å². The Bertz CT molecular complexity index is 2980. The van der Waals surface area contributed by atoms with Crippen LogP contribution in [0.4, 0.5) is 11.4 Å². The monoisotopic (exact) mass is 1020 g/mol. The average Bonchev–Trinajstić information content (AvgIpc) is 3.91. The first kappa shape index (κ1) is 51.6. The zero-order chi connectivity index (χ0) is 51.3. The van der Waals surface area contributed by atoms with E-state index in [1.54, 1.807) is 5.57 Å². The number of rotatable bonds is 15. The van der Waals surface area contributed by atoms with Gasteiger partial charge in [-0.15, -0.1) is 0 Å². The normalized spacial score (nSPS) is 29.2. The summed E-state index contributed by atoms with van der Waals surface area (Å²) in [6, 6.07) is 21.3. The van der Waals surface area contributed by atoms with Crippen LogP contribution in [0, 0.1) is 28.6 Å². The van der Waals surface area contributed by atoms with Crippen molar-refractivity contribution >= 4 is 50.3 Å². The van der Waals surface area contributed by atoms with Crippen molar-refractivity contribution in [1.82, 2.24) is 4.98 Å². The van der Waals surface area contributed by atoms with Crippen LogP contribution in [0.15, 0.2) is 137 Å². The Morgan fingerprint density at radius 3 is 2.42 bits per heavy atom. The fourth-order valence-electron chi connectivity index (χ4n) is 15.0. The van der Waals surface area contributed by atoms with Gasteiger partial charge in [0.1, 0.15) is 12.6 Å². The lowest BCUT2D eigenvalue weighted by Crippen LogP contribution is -2.50. The Labute approximate surface area is 440 Å². The van der Waals surface area contributed by atoms with Gasteiger partial charge in [0.05, 0.1) is 11.2 Å². The number of allylic oxidation sites excluding steroid dienone is 11. The highest BCUT2D eigenvalue weighted by Crippen LogP contribution is 2.66. The lowest BCUT2D eigenvalue weighted by Gasteiger charge is -2.57. The second kappa shape index (κ2) is 20.4. The van der Waals surface area contributed by atoms with Crippen molar-refractivity contribution in [2.75, 3.05) is 23.7 Å². The zero-order valence-corrected chi connectivity index (χ0v) is 45.7. The van der Waals surface area contributed by atoms with E-state index in [4.69, 9.17) is 16.3 Å². The summed E-state index contributed by atoms with van der Waals surface area (Å²) in [7, 11) is -4.06. The van der Waals surface area contributed by atoms with Crippen LogP contribution >= 0.6 is 11.6 Å². The number of hydrogen-bond donors (Lipinski definition) is 1. The molecule has 0 radical (unpaired) electrons. The largest absolute Gasteiger partial charge is 0.462 e. The van der Waals surface area contributed by atoms with E-state index in [0.717, 1.165) is 98.3 Å². The maximum absolute atomic E-state index is 13.4. The predicted molar refractivity (Wildman–Crippen MR) is 297 cm³/mol. The van der Waals surface area contributed by atoms with Gasteiger partial charge in [-0.25, -0.2) is 0 Å². The topological polar surface area (TPSA) is 99.8 Å². The number of anilines is 1. The number of carbonyl (C=O) groups is 1. The van der Waals surface area contributed by atoms with E-state index in [0.29, 0.717) is 37.1 Å². The van der Waals surface area contributed by atoms with Crippen molar-refractivity contribution < 1.29 is 27.1 Å². The Morgan fingerprint density at radius 1 is 0.849 bits per heavy atom. The van der Waals surface area contributed by atoms with E-state index >= 15 is 0 Å². The maximum atomic E-state index is 13.4. The van der Waals surface area contributed by atoms with Crippen LogP contribution in [0.5, 0.6) is 0 Å². The summed E-state index contributed by atoms with van der Waals surface area (Å²) < 4.78 is 41.2. The summed E-state index contributed by atoms with van der Waals surface area (Å²) in [6.07, 6.45) is 31.8. The first-order chi connectivity index (χ1) is 34.9. The molecule has 0 bridgehead atoms. The van der Waals surface area contributed by atoms with Gasteiger partial charge >= 0.3 is 5.97 Å². The second-order valence-corrected chi connectivity index (χ2v) is 25.8. The second-order valence-electron chi connectivity index (χ2n) is 23.9. The van der Waals surface area contributed by atoms with Gasteiger partial charge < -0.3 is 9.64 Å². The maximum Gasteiger partial charge on any atom is 0.306 e. The van der Waals surface area contributed by atoms with Crippen LogP contribution in [-0.2, 0) is 30.5 Å². The van der Waals surface area contributed by atoms with Crippen LogP contribution in [0.3, 0.4) is 0 Å². The number of benzene rings is 2. The number of fused-ring (bicyclic) bond motifs is 7. The lowest BCUT2D eigenvalue weighted by atomic mass is 9.47. The van der Waals surface area contributed by atoms with Gasteiger partial charge in [0, 0.05) is 77.7 Å². The highest BCUT2D eigenvalue weighted by Gasteiger charge is 2.57. The van der Waals surface area contributed by atoms with Crippen molar-refractivity contribution in [3.8, 4) is 0 Å².